The SMILES string of the molecule is Cc1cc(C)c(-n2c(C)cs/c2=N\C(=O)NCCC(C)Cc2ccc(-c3ncn(-c4ccc(OC(F)(F)F)cc4)n3)cc2)c(C)c1. The van der Waals surface area contributed by atoms with Crippen LogP contribution in [-0.4, -0.2) is 38.3 Å². The van der Waals surface area contributed by atoms with Crippen LogP contribution in [0.1, 0.15) is 41.3 Å². The van der Waals surface area contributed by atoms with Gasteiger partial charge >= 0.3 is 12.4 Å². The van der Waals surface area contributed by atoms with Gasteiger partial charge in [-0.05, 0) is 87.4 Å². The number of urea groups is 1. The van der Waals surface area contributed by atoms with E-state index in [1.54, 1.807) is 0 Å². The third-order valence-corrected chi connectivity index (χ3v) is 8.42. The number of benzene rings is 3. The maximum atomic E-state index is 12.8. The molecule has 0 spiro atoms. The number of amides is 2. The highest BCUT2D eigenvalue weighted by Crippen LogP contribution is 2.25. The summed E-state index contributed by atoms with van der Waals surface area (Å²) in [6.07, 6.45) is -1.61. The monoisotopic (exact) mass is 648 g/mol. The average molecular weight is 649 g/mol. The van der Waals surface area contributed by atoms with Crippen LogP contribution in [0.3, 0.4) is 0 Å². The molecule has 0 aliphatic carbocycles. The van der Waals surface area contributed by atoms with Crippen molar-refractivity contribution in [1.29, 1.82) is 0 Å². The molecule has 0 saturated heterocycles. The van der Waals surface area contributed by atoms with E-state index in [0.717, 1.165) is 46.5 Å². The van der Waals surface area contributed by atoms with Crippen molar-refractivity contribution in [3.05, 3.63) is 105 Å². The van der Waals surface area contributed by atoms with Crippen molar-refractivity contribution in [3.63, 3.8) is 0 Å². The van der Waals surface area contributed by atoms with E-state index in [0.29, 0.717) is 28.8 Å². The zero-order valence-corrected chi connectivity index (χ0v) is 27.0. The number of nitrogens with zero attached hydrogens (tertiary/aromatic N) is 5. The van der Waals surface area contributed by atoms with Crippen molar-refractivity contribution < 1.29 is 22.7 Å². The van der Waals surface area contributed by atoms with Crippen LogP contribution in [0.5, 0.6) is 5.75 Å². The summed E-state index contributed by atoms with van der Waals surface area (Å²) in [4.78, 5) is 22.1. The van der Waals surface area contributed by atoms with Gasteiger partial charge in [-0.3, -0.25) is 4.57 Å². The van der Waals surface area contributed by atoms with E-state index < -0.39 is 6.36 Å². The van der Waals surface area contributed by atoms with Gasteiger partial charge in [0.15, 0.2) is 10.6 Å². The molecule has 0 aliphatic rings. The molecule has 0 fully saturated rings. The number of thiazole rings is 1. The number of carbonyl (C=O) groups excluding carboxylic acids is 1. The van der Waals surface area contributed by atoms with Gasteiger partial charge in [0.2, 0.25) is 0 Å². The highest BCUT2D eigenvalue weighted by Gasteiger charge is 2.31. The van der Waals surface area contributed by atoms with Gasteiger partial charge in [0, 0.05) is 23.2 Å². The third-order valence-electron chi connectivity index (χ3n) is 7.47. The van der Waals surface area contributed by atoms with E-state index in [1.807, 2.05) is 36.6 Å². The topological polar surface area (TPSA) is 86.3 Å². The Balaban J connectivity index is 1.14. The largest absolute Gasteiger partial charge is 0.573 e. The Kier molecular flexibility index (Phi) is 9.76. The van der Waals surface area contributed by atoms with Crippen molar-refractivity contribution in [3.8, 4) is 28.5 Å². The van der Waals surface area contributed by atoms with Gasteiger partial charge in [0.25, 0.3) is 0 Å². The quantitative estimate of drug-likeness (QED) is 0.177. The van der Waals surface area contributed by atoms with Crippen LogP contribution in [0.2, 0.25) is 0 Å². The summed E-state index contributed by atoms with van der Waals surface area (Å²) in [6, 6.07) is 17.3. The molecular formula is C34H35F3N6O2S. The van der Waals surface area contributed by atoms with Gasteiger partial charge in [-0.15, -0.1) is 29.6 Å². The van der Waals surface area contributed by atoms with Gasteiger partial charge < -0.3 is 10.1 Å². The second kappa shape index (κ2) is 13.7. The number of halogens is 3. The van der Waals surface area contributed by atoms with Crippen LogP contribution in [0.15, 0.2) is 77.4 Å². The first-order valence-corrected chi connectivity index (χ1v) is 15.7. The fraction of sp³-hybridized carbons (Fsp3) is 0.294. The molecule has 0 bridgehead atoms. The number of aryl methyl sites for hydroxylation is 4. The molecule has 0 saturated carbocycles. The Labute approximate surface area is 269 Å². The number of ether oxygens (including phenoxy) is 1. The molecule has 0 radical (unpaired) electrons. The molecule has 1 atom stereocenters. The molecule has 8 nitrogen and oxygen atoms in total. The summed E-state index contributed by atoms with van der Waals surface area (Å²) in [5.41, 5.74) is 8.09. The maximum absolute atomic E-state index is 12.8. The van der Waals surface area contributed by atoms with E-state index in [4.69, 9.17) is 0 Å². The summed E-state index contributed by atoms with van der Waals surface area (Å²) in [5, 5.41) is 9.42. The third kappa shape index (κ3) is 8.11. The van der Waals surface area contributed by atoms with Gasteiger partial charge in [-0.2, -0.15) is 4.99 Å². The molecule has 3 aromatic carbocycles. The predicted molar refractivity (Wildman–Crippen MR) is 173 cm³/mol. The fourth-order valence-electron chi connectivity index (χ4n) is 5.43. The zero-order valence-electron chi connectivity index (χ0n) is 26.2. The predicted octanol–water partition coefficient (Wildman–Crippen LogP) is 7.80. The minimum atomic E-state index is -4.74. The Hall–Kier alpha value is -4.71. The fourth-order valence-corrected chi connectivity index (χ4v) is 6.29. The van der Waals surface area contributed by atoms with Crippen molar-refractivity contribution >= 4 is 17.4 Å². The number of rotatable bonds is 9. The molecule has 2 amide bonds. The average Bonchev–Trinajstić information content (AvgIpc) is 3.60. The van der Waals surface area contributed by atoms with Gasteiger partial charge in [0.05, 0.1) is 11.4 Å². The Morgan fingerprint density at radius 1 is 1.02 bits per heavy atom. The van der Waals surface area contributed by atoms with Gasteiger partial charge in [-0.25, -0.2) is 14.5 Å². The number of hydrogen-bond donors (Lipinski definition) is 1. The molecule has 0 aliphatic heterocycles. The van der Waals surface area contributed by atoms with E-state index in [1.165, 1.54) is 52.2 Å². The molecule has 2 heterocycles. The van der Waals surface area contributed by atoms with Crippen molar-refractivity contribution in [2.75, 3.05) is 6.54 Å². The lowest BCUT2D eigenvalue weighted by atomic mass is 9.97. The zero-order chi connectivity index (χ0) is 33.0. The molecular weight excluding hydrogens is 613 g/mol. The summed E-state index contributed by atoms with van der Waals surface area (Å²) < 4.78 is 44.7. The molecule has 240 valence electrons. The van der Waals surface area contributed by atoms with Gasteiger partial charge in [-0.1, -0.05) is 48.9 Å². The van der Waals surface area contributed by atoms with Crippen LogP contribution in [0, 0.1) is 33.6 Å². The highest BCUT2D eigenvalue weighted by atomic mass is 32.1. The van der Waals surface area contributed by atoms with Crippen LogP contribution < -0.4 is 14.9 Å². The molecule has 12 heteroatoms. The second-order valence-electron chi connectivity index (χ2n) is 11.4. The van der Waals surface area contributed by atoms with Crippen LogP contribution >= 0.6 is 11.3 Å². The summed E-state index contributed by atoms with van der Waals surface area (Å²) in [6.45, 7) is 10.9. The van der Waals surface area contributed by atoms with Crippen molar-refractivity contribution in [2.24, 2.45) is 10.9 Å². The lowest BCUT2D eigenvalue weighted by Crippen LogP contribution is -2.26. The molecule has 1 N–H and O–H groups in total. The lowest BCUT2D eigenvalue weighted by Gasteiger charge is -2.14. The number of aromatic nitrogens is 4. The van der Waals surface area contributed by atoms with Crippen LogP contribution in [0.4, 0.5) is 18.0 Å². The highest BCUT2D eigenvalue weighted by molar-refractivity contribution is 7.07. The molecule has 2 aromatic heterocycles. The first kappa shape index (κ1) is 32.7. The first-order valence-electron chi connectivity index (χ1n) is 14.8. The molecule has 5 aromatic rings. The van der Waals surface area contributed by atoms with E-state index >= 15 is 0 Å². The number of nitrogens with one attached hydrogen (secondary N) is 1. The lowest BCUT2D eigenvalue weighted by molar-refractivity contribution is -0.274. The second-order valence-corrected chi connectivity index (χ2v) is 12.3. The molecule has 1 unspecified atom stereocenters. The first-order chi connectivity index (χ1) is 21.9. The normalized spacial score (nSPS) is 12.7. The van der Waals surface area contributed by atoms with Crippen molar-refractivity contribution in [2.45, 2.75) is 53.8 Å². The van der Waals surface area contributed by atoms with E-state index in [-0.39, 0.29) is 11.8 Å². The van der Waals surface area contributed by atoms with E-state index in [2.05, 4.69) is 69.5 Å². The number of carbonyl (C=O) groups is 1. The summed E-state index contributed by atoms with van der Waals surface area (Å²) in [7, 11) is 0. The van der Waals surface area contributed by atoms with Crippen molar-refractivity contribution in [1.82, 2.24) is 24.6 Å². The Bertz CT molecular complexity index is 1870. The molecule has 46 heavy (non-hydrogen) atoms. The minimum Gasteiger partial charge on any atom is -0.406 e. The maximum Gasteiger partial charge on any atom is 0.573 e. The standard InChI is InChI=1S/C34H35F3N6O2S/c1-21(14-15-38-32(44)40-33-43(25(5)19-46-33)30-23(3)16-22(2)17-24(30)4)18-26-6-8-27(9-7-26)31-39-20-42(41-31)28-10-12-29(13-11-28)45-34(35,36)37/h6-13,16-17,19-21H,14-15,18H2,1-5H3,(H,38,44)/b40-33-. The van der Waals surface area contributed by atoms with Gasteiger partial charge in [0.1, 0.15) is 12.1 Å². The minimum absolute atomic E-state index is 0.302. The number of alkyl halides is 3. The Morgan fingerprint density at radius 3 is 2.35 bits per heavy atom. The number of hydrogen-bond acceptors (Lipinski definition) is 5. The van der Waals surface area contributed by atoms with Crippen LogP contribution in [0.25, 0.3) is 22.8 Å². The molecule has 5 rings (SSSR count). The Morgan fingerprint density at radius 2 is 1.70 bits per heavy atom. The summed E-state index contributed by atoms with van der Waals surface area (Å²) in [5.74, 6) is 0.514. The smallest absolute Gasteiger partial charge is 0.406 e. The summed E-state index contributed by atoms with van der Waals surface area (Å²) >= 11 is 1.45. The van der Waals surface area contributed by atoms with E-state index in [9.17, 15) is 18.0 Å². The van der Waals surface area contributed by atoms with Crippen LogP contribution in [-0.2, 0) is 6.42 Å².